The van der Waals surface area contributed by atoms with E-state index in [2.05, 4.69) is 4.28 Å². The second kappa shape index (κ2) is 4.42. The standard InChI is InChI=1S/C6H13NO4S/c1-4-5-12(9,10)11-7(3)6(2)8/h4-5H2,1-3H3. The molecule has 0 radical (unpaired) electrons. The van der Waals surface area contributed by atoms with E-state index in [1.807, 2.05) is 0 Å². The first kappa shape index (κ1) is 11.4. The smallest absolute Gasteiger partial charge is 0.273 e. The van der Waals surface area contributed by atoms with Crippen molar-refractivity contribution in [2.45, 2.75) is 20.3 Å². The third kappa shape index (κ3) is 4.30. The molecule has 0 saturated heterocycles. The minimum Gasteiger partial charge on any atom is -0.273 e. The van der Waals surface area contributed by atoms with Crippen LogP contribution in [0, 0.1) is 0 Å². The molecule has 12 heavy (non-hydrogen) atoms. The molecular formula is C6H13NO4S. The van der Waals surface area contributed by atoms with Gasteiger partial charge in [0.25, 0.3) is 10.1 Å². The van der Waals surface area contributed by atoms with Crippen LogP contribution in [0.3, 0.4) is 0 Å². The molecule has 0 aromatic carbocycles. The summed E-state index contributed by atoms with van der Waals surface area (Å²) in [4.78, 5) is 10.6. The summed E-state index contributed by atoms with van der Waals surface area (Å²) in [5.74, 6) is -0.528. The Morgan fingerprint density at radius 1 is 1.50 bits per heavy atom. The molecule has 0 rings (SSSR count). The summed E-state index contributed by atoms with van der Waals surface area (Å²) in [5, 5.41) is 0.699. The summed E-state index contributed by atoms with van der Waals surface area (Å²) in [6.45, 7) is 2.94. The van der Waals surface area contributed by atoms with Crippen molar-refractivity contribution in [1.82, 2.24) is 5.06 Å². The van der Waals surface area contributed by atoms with Gasteiger partial charge in [-0.2, -0.15) is 8.42 Å². The van der Waals surface area contributed by atoms with Crippen LogP contribution in [0.4, 0.5) is 0 Å². The Balaban J connectivity index is 4.16. The van der Waals surface area contributed by atoms with Crippen molar-refractivity contribution in [3.63, 3.8) is 0 Å². The van der Waals surface area contributed by atoms with Crippen molar-refractivity contribution >= 4 is 16.0 Å². The molecule has 0 bridgehead atoms. The minimum atomic E-state index is -3.57. The van der Waals surface area contributed by atoms with Crippen LogP contribution in [0.15, 0.2) is 0 Å². The molecule has 0 aromatic heterocycles. The fourth-order valence-corrected chi connectivity index (χ4v) is 1.53. The maximum Gasteiger partial charge on any atom is 0.288 e. The normalized spacial score (nSPS) is 11.2. The molecular weight excluding hydrogens is 182 g/mol. The summed E-state index contributed by atoms with van der Waals surface area (Å²) in [6, 6.07) is 0. The number of rotatable bonds is 4. The Hall–Kier alpha value is -0.620. The Morgan fingerprint density at radius 2 is 2.00 bits per heavy atom. The van der Waals surface area contributed by atoms with Gasteiger partial charge in [-0.3, -0.25) is 4.79 Å². The van der Waals surface area contributed by atoms with E-state index >= 15 is 0 Å². The molecule has 0 aliphatic heterocycles. The van der Waals surface area contributed by atoms with Crippen molar-refractivity contribution in [3.8, 4) is 0 Å². The third-order valence-corrected chi connectivity index (χ3v) is 2.48. The van der Waals surface area contributed by atoms with E-state index in [0.717, 1.165) is 0 Å². The first-order valence-electron chi connectivity index (χ1n) is 3.55. The van der Waals surface area contributed by atoms with Gasteiger partial charge in [-0.15, -0.1) is 4.28 Å². The molecule has 5 nitrogen and oxygen atoms in total. The van der Waals surface area contributed by atoms with Crippen LogP contribution in [-0.4, -0.2) is 32.2 Å². The second-order valence-electron chi connectivity index (χ2n) is 2.35. The van der Waals surface area contributed by atoms with E-state index in [9.17, 15) is 13.2 Å². The third-order valence-electron chi connectivity index (χ3n) is 1.12. The maximum absolute atomic E-state index is 10.9. The van der Waals surface area contributed by atoms with Gasteiger partial charge in [0.05, 0.1) is 5.75 Å². The number of carbonyl (C=O) groups is 1. The van der Waals surface area contributed by atoms with Crippen LogP contribution in [0.1, 0.15) is 20.3 Å². The van der Waals surface area contributed by atoms with Crippen LogP contribution < -0.4 is 0 Å². The predicted octanol–water partition coefficient (Wildman–Crippen LogP) is 0.136. The molecule has 0 spiro atoms. The van der Waals surface area contributed by atoms with Gasteiger partial charge < -0.3 is 0 Å². The molecule has 0 aromatic rings. The van der Waals surface area contributed by atoms with E-state index in [4.69, 9.17) is 0 Å². The van der Waals surface area contributed by atoms with Gasteiger partial charge in [-0.25, -0.2) is 5.06 Å². The maximum atomic E-state index is 10.9. The molecule has 6 heteroatoms. The average molecular weight is 195 g/mol. The number of carbonyl (C=O) groups excluding carboxylic acids is 1. The molecule has 0 N–H and O–H groups in total. The van der Waals surface area contributed by atoms with Crippen LogP contribution in [-0.2, 0) is 19.2 Å². The molecule has 0 aliphatic carbocycles. The largest absolute Gasteiger partial charge is 0.288 e. The molecule has 0 heterocycles. The van der Waals surface area contributed by atoms with Gasteiger partial charge in [0, 0.05) is 14.0 Å². The van der Waals surface area contributed by atoms with Crippen molar-refractivity contribution in [1.29, 1.82) is 0 Å². The number of amides is 1. The van der Waals surface area contributed by atoms with Crippen molar-refractivity contribution in [3.05, 3.63) is 0 Å². The molecule has 1 amide bonds. The Morgan fingerprint density at radius 3 is 2.33 bits per heavy atom. The van der Waals surface area contributed by atoms with E-state index < -0.39 is 16.0 Å². The molecule has 0 atom stereocenters. The van der Waals surface area contributed by atoms with Gasteiger partial charge in [0.2, 0.25) is 5.91 Å². The van der Waals surface area contributed by atoms with E-state index in [1.165, 1.54) is 14.0 Å². The van der Waals surface area contributed by atoms with Crippen molar-refractivity contribution in [2.24, 2.45) is 0 Å². The minimum absolute atomic E-state index is 0.0788. The summed E-state index contributed by atoms with van der Waals surface area (Å²) in [7, 11) is -2.31. The van der Waals surface area contributed by atoms with Crippen LogP contribution in [0.2, 0.25) is 0 Å². The van der Waals surface area contributed by atoms with Gasteiger partial charge in [-0.05, 0) is 6.42 Å². The first-order chi connectivity index (χ1) is 5.39. The summed E-state index contributed by atoms with van der Waals surface area (Å²) >= 11 is 0. The Labute approximate surface area is 72.4 Å². The highest BCUT2D eigenvalue weighted by Crippen LogP contribution is 1.99. The van der Waals surface area contributed by atoms with Gasteiger partial charge in [0.15, 0.2) is 0 Å². The highest BCUT2D eigenvalue weighted by Gasteiger charge is 2.15. The molecule has 72 valence electrons. The van der Waals surface area contributed by atoms with Gasteiger partial charge in [0.1, 0.15) is 0 Å². The van der Waals surface area contributed by atoms with Crippen LogP contribution in [0.25, 0.3) is 0 Å². The quantitative estimate of drug-likeness (QED) is 0.598. The van der Waals surface area contributed by atoms with Gasteiger partial charge in [-0.1, -0.05) is 6.92 Å². The Bertz CT molecular complexity index is 246. The first-order valence-corrected chi connectivity index (χ1v) is 5.13. The topological polar surface area (TPSA) is 63.7 Å². The predicted molar refractivity (Wildman–Crippen MR) is 43.6 cm³/mol. The van der Waals surface area contributed by atoms with E-state index in [0.29, 0.717) is 11.5 Å². The molecule has 0 saturated carbocycles. The lowest BCUT2D eigenvalue weighted by atomic mass is 10.6. The zero-order chi connectivity index (χ0) is 9.78. The SMILES string of the molecule is CCCS(=O)(=O)ON(C)C(C)=O. The summed E-state index contributed by atoms with van der Waals surface area (Å²) in [5.41, 5.74) is 0. The molecule has 0 fully saturated rings. The highest BCUT2D eigenvalue weighted by atomic mass is 32.2. The number of hydrogen-bond acceptors (Lipinski definition) is 4. The monoisotopic (exact) mass is 195 g/mol. The number of hydrogen-bond donors (Lipinski definition) is 0. The zero-order valence-electron chi connectivity index (χ0n) is 7.40. The lowest BCUT2D eigenvalue weighted by molar-refractivity contribution is -0.149. The van der Waals surface area contributed by atoms with E-state index in [-0.39, 0.29) is 5.75 Å². The zero-order valence-corrected chi connectivity index (χ0v) is 8.22. The second-order valence-corrected chi connectivity index (χ2v) is 4.03. The van der Waals surface area contributed by atoms with Gasteiger partial charge >= 0.3 is 0 Å². The molecule has 0 aliphatic rings. The highest BCUT2D eigenvalue weighted by molar-refractivity contribution is 7.86. The lowest BCUT2D eigenvalue weighted by Gasteiger charge is -2.12. The lowest BCUT2D eigenvalue weighted by Crippen LogP contribution is -2.28. The van der Waals surface area contributed by atoms with Crippen molar-refractivity contribution < 1.29 is 17.5 Å². The summed E-state index contributed by atoms with van der Waals surface area (Å²) in [6.07, 6.45) is 0.466. The molecule has 0 unspecified atom stereocenters. The number of nitrogens with zero attached hydrogens (tertiary/aromatic N) is 1. The van der Waals surface area contributed by atoms with E-state index in [1.54, 1.807) is 6.92 Å². The summed E-state index contributed by atoms with van der Waals surface area (Å²) < 4.78 is 26.3. The fourth-order valence-electron chi connectivity index (χ4n) is 0.510. The number of hydroxylamine groups is 2. The fraction of sp³-hybridized carbons (Fsp3) is 0.833. The Kier molecular flexibility index (Phi) is 4.19. The van der Waals surface area contributed by atoms with Crippen LogP contribution in [0.5, 0.6) is 0 Å². The van der Waals surface area contributed by atoms with Crippen molar-refractivity contribution in [2.75, 3.05) is 12.8 Å². The average Bonchev–Trinajstić information content (AvgIpc) is 1.85. The van der Waals surface area contributed by atoms with Crippen LogP contribution >= 0.6 is 0 Å².